The molecule has 2 aliphatic rings. The predicted molar refractivity (Wildman–Crippen MR) is 99.1 cm³/mol. The average Bonchev–Trinajstić information content (AvgIpc) is 3.22. The Balaban J connectivity index is 1.69. The van der Waals surface area contributed by atoms with E-state index in [-0.39, 0.29) is 17.8 Å². The maximum atomic E-state index is 13.2. The lowest BCUT2D eigenvalue weighted by atomic mass is 9.85. The Morgan fingerprint density at radius 1 is 1.22 bits per heavy atom. The van der Waals surface area contributed by atoms with Gasteiger partial charge in [0.15, 0.2) is 0 Å². The number of amides is 1. The normalized spacial score (nSPS) is 24.7. The van der Waals surface area contributed by atoms with Crippen molar-refractivity contribution in [3.63, 3.8) is 0 Å². The van der Waals surface area contributed by atoms with Crippen LogP contribution in [0.5, 0.6) is 0 Å². The van der Waals surface area contributed by atoms with Crippen LogP contribution in [0.15, 0.2) is 24.3 Å². The molecule has 1 aromatic heterocycles. The molecule has 1 aromatic carbocycles. The molecule has 1 N–H and O–H groups in total. The number of halogens is 1. The summed E-state index contributed by atoms with van der Waals surface area (Å²) >= 11 is 6.24. The van der Waals surface area contributed by atoms with Crippen molar-refractivity contribution in [2.24, 2.45) is 5.92 Å². The SMILES string of the molecule is Cc1nc(C(=O)N2C(C(=O)O)CC3CCCCC32)nn1-c1ccccc1Cl. The highest BCUT2D eigenvalue weighted by molar-refractivity contribution is 6.32. The Bertz CT molecular complexity index is 897. The van der Waals surface area contributed by atoms with Gasteiger partial charge in [0, 0.05) is 6.04 Å². The topological polar surface area (TPSA) is 88.3 Å². The van der Waals surface area contributed by atoms with Gasteiger partial charge in [-0.1, -0.05) is 36.6 Å². The zero-order valence-corrected chi connectivity index (χ0v) is 15.8. The van der Waals surface area contributed by atoms with Gasteiger partial charge in [-0.2, -0.15) is 0 Å². The first-order valence-electron chi connectivity index (χ1n) is 9.21. The zero-order valence-electron chi connectivity index (χ0n) is 15.0. The van der Waals surface area contributed by atoms with Crippen molar-refractivity contribution in [1.82, 2.24) is 19.7 Å². The number of aliphatic carboxylic acids is 1. The third-order valence-corrected chi connectivity index (χ3v) is 5.97. The molecule has 3 unspecified atom stereocenters. The van der Waals surface area contributed by atoms with Crippen LogP contribution in [0.1, 0.15) is 48.5 Å². The van der Waals surface area contributed by atoms with Crippen molar-refractivity contribution in [1.29, 1.82) is 0 Å². The van der Waals surface area contributed by atoms with Gasteiger partial charge in [-0.25, -0.2) is 14.5 Å². The van der Waals surface area contributed by atoms with Crippen molar-refractivity contribution < 1.29 is 14.7 Å². The minimum Gasteiger partial charge on any atom is -0.480 e. The summed E-state index contributed by atoms with van der Waals surface area (Å²) < 4.78 is 1.53. The molecule has 0 bridgehead atoms. The molecule has 1 aliphatic carbocycles. The first-order chi connectivity index (χ1) is 13.0. The number of aryl methyl sites for hydroxylation is 1. The van der Waals surface area contributed by atoms with E-state index in [1.165, 1.54) is 9.58 Å². The average molecular weight is 389 g/mol. The molecule has 0 spiro atoms. The first-order valence-corrected chi connectivity index (χ1v) is 9.59. The number of para-hydroxylation sites is 1. The van der Waals surface area contributed by atoms with Gasteiger partial charge >= 0.3 is 5.97 Å². The summed E-state index contributed by atoms with van der Waals surface area (Å²) in [5.74, 6) is -0.580. The van der Waals surface area contributed by atoms with Gasteiger partial charge in [0.2, 0.25) is 5.82 Å². The maximum absolute atomic E-state index is 13.2. The van der Waals surface area contributed by atoms with Crippen molar-refractivity contribution in [3.05, 3.63) is 40.9 Å². The van der Waals surface area contributed by atoms with E-state index in [0.717, 1.165) is 25.7 Å². The molecule has 1 aliphatic heterocycles. The number of nitrogens with zero attached hydrogens (tertiary/aromatic N) is 4. The van der Waals surface area contributed by atoms with E-state index in [9.17, 15) is 14.7 Å². The van der Waals surface area contributed by atoms with Crippen LogP contribution >= 0.6 is 11.6 Å². The molecule has 1 saturated carbocycles. The molecular weight excluding hydrogens is 368 g/mol. The van der Waals surface area contributed by atoms with Crippen molar-refractivity contribution in [2.45, 2.75) is 51.1 Å². The molecular formula is C19H21ClN4O3. The molecule has 1 saturated heterocycles. The second-order valence-corrected chi connectivity index (χ2v) is 7.67. The summed E-state index contributed by atoms with van der Waals surface area (Å²) in [6.45, 7) is 1.75. The second kappa shape index (κ2) is 6.96. The fourth-order valence-electron chi connectivity index (χ4n) is 4.42. The maximum Gasteiger partial charge on any atom is 0.326 e. The third kappa shape index (κ3) is 3.10. The highest BCUT2D eigenvalue weighted by Crippen LogP contribution is 2.40. The fourth-order valence-corrected chi connectivity index (χ4v) is 4.64. The van der Waals surface area contributed by atoms with Crippen LogP contribution in [0.2, 0.25) is 5.02 Å². The largest absolute Gasteiger partial charge is 0.480 e. The van der Waals surface area contributed by atoms with E-state index in [4.69, 9.17) is 11.6 Å². The summed E-state index contributed by atoms with van der Waals surface area (Å²) in [7, 11) is 0. The van der Waals surface area contributed by atoms with Gasteiger partial charge in [0.1, 0.15) is 11.9 Å². The van der Waals surface area contributed by atoms with Crippen LogP contribution in [0.25, 0.3) is 5.69 Å². The van der Waals surface area contributed by atoms with Crippen LogP contribution in [-0.4, -0.2) is 48.7 Å². The number of carbonyl (C=O) groups excluding carboxylic acids is 1. The molecule has 4 rings (SSSR count). The molecule has 2 fully saturated rings. The van der Waals surface area contributed by atoms with Crippen LogP contribution in [0.4, 0.5) is 0 Å². The molecule has 8 heteroatoms. The van der Waals surface area contributed by atoms with E-state index >= 15 is 0 Å². The molecule has 142 valence electrons. The lowest BCUT2D eigenvalue weighted by Gasteiger charge is -2.32. The number of benzene rings is 1. The summed E-state index contributed by atoms with van der Waals surface area (Å²) in [5.41, 5.74) is 0.634. The van der Waals surface area contributed by atoms with E-state index in [2.05, 4.69) is 10.1 Å². The third-order valence-electron chi connectivity index (χ3n) is 5.65. The predicted octanol–water partition coefficient (Wildman–Crippen LogP) is 3.09. The van der Waals surface area contributed by atoms with Crippen LogP contribution < -0.4 is 0 Å². The van der Waals surface area contributed by atoms with E-state index < -0.39 is 17.9 Å². The molecule has 27 heavy (non-hydrogen) atoms. The van der Waals surface area contributed by atoms with Crippen molar-refractivity contribution in [2.75, 3.05) is 0 Å². The Morgan fingerprint density at radius 3 is 2.70 bits per heavy atom. The highest BCUT2D eigenvalue weighted by atomic mass is 35.5. The lowest BCUT2D eigenvalue weighted by molar-refractivity contribution is -0.141. The lowest BCUT2D eigenvalue weighted by Crippen LogP contribution is -2.46. The number of hydrogen-bond acceptors (Lipinski definition) is 4. The fraction of sp³-hybridized carbons (Fsp3) is 0.474. The summed E-state index contributed by atoms with van der Waals surface area (Å²) in [6.07, 6.45) is 4.42. The first kappa shape index (κ1) is 18.0. The van der Waals surface area contributed by atoms with E-state index in [1.54, 1.807) is 19.1 Å². The number of likely N-dealkylation sites (tertiary alicyclic amines) is 1. The molecule has 2 aromatic rings. The van der Waals surface area contributed by atoms with E-state index in [1.807, 2.05) is 12.1 Å². The summed E-state index contributed by atoms with van der Waals surface area (Å²) in [5, 5.41) is 14.5. The van der Waals surface area contributed by atoms with Crippen LogP contribution in [-0.2, 0) is 4.79 Å². The van der Waals surface area contributed by atoms with Gasteiger partial charge < -0.3 is 10.0 Å². The second-order valence-electron chi connectivity index (χ2n) is 7.26. The number of aromatic nitrogens is 3. The summed E-state index contributed by atoms with van der Waals surface area (Å²) in [6, 6.07) is 6.34. The Morgan fingerprint density at radius 2 is 1.96 bits per heavy atom. The zero-order chi connectivity index (χ0) is 19.1. The monoisotopic (exact) mass is 388 g/mol. The van der Waals surface area contributed by atoms with Gasteiger partial charge in [-0.15, -0.1) is 5.10 Å². The number of carboxylic acid groups (broad SMARTS) is 1. The van der Waals surface area contributed by atoms with Crippen LogP contribution in [0, 0.1) is 12.8 Å². The molecule has 2 heterocycles. The number of carboxylic acids is 1. The molecule has 1 amide bonds. The highest BCUT2D eigenvalue weighted by Gasteiger charge is 2.48. The smallest absolute Gasteiger partial charge is 0.326 e. The molecule has 3 atom stereocenters. The molecule has 7 nitrogen and oxygen atoms in total. The Labute approximate surface area is 161 Å². The van der Waals surface area contributed by atoms with Crippen LogP contribution in [0.3, 0.4) is 0 Å². The number of hydrogen-bond donors (Lipinski definition) is 1. The van der Waals surface area contributed by atoms with Gasteiger partial charge in [-0.3, -0.25) is 4.79 Å². The van der Waals surface area contributed by atoms with E-state index in [0.29, 0.717) is 23.0 Å². The minimum atomic E-state index is -0.958. The Hall–Kier alpha value is -2.41. The number of rotatable bonds is 3. The standard InChI is InChI=1S/C19H21ClN4O3/c1-11-21-17(22-24(11)15-9-5-3-7-13(15)20)18(25)23-14-8-4-2-6-12(14)10-16(23)19(26)27/h3,5,7,9,12,14,16H,2,4,6,8,10H2,1H3,(H,26,27). The quantitative estimate of drug-likeness (QED) is 0.872. The molecule has 0 radical (unpaired) electrons. The summed E-state index contributed by atoms with van der Waals surface area (Å²) in [4.78, 5) is 30.8. The minimum absolute atomic E-state index is 0.0184. The van der Waals surface area contributed by atoms with Crippen molar-refractivity contribution in [3.8, 4) is 5.69 Å². The van der Waals surface area contributed by atoms with Gasteiger partial charge in [-0.05, 0) is 44.2 Å². The van der Waals surface area contributed by atoms with Crippen molar-refractivity contribution >= 4 is 23.5 Å². The Kier molecular flexibility index (Phi) is 4.63. The van der Waals surface area contributed by atoms with Gasteiger partial charge in [0.05, 0.1) is 10.7 Å². The van der Waals surface area contributed by atoms with Gasteiger partial charge in [0.25, 0.3) is 5.91 Å². The number of carbonyl (C=O) groups is 2. The number of fused-ring (bicyclic) bond motifs is 1.